The maximum Gasteiger partial charge on any atom is 0.0568 e. The van der Waals surface area contributed by atoms with Gasteiger partial charge in [0.2, 0.25) is 0 Å². The molecule has 3 rings (SSSR count). The van der Waals surface area contributed by atoms with Crippen LogP contribution in [0.3, 0.4) is 0 Å². The number of nitrogens with zero attached hydrogens (tertiary/aromatic N) is 3. The average molecular weight is 228 g/mol. The van der Waals surface area contributed by atoms with Crippen molar-refractivity contribution in [3.05, 3.63) is 36.9 Å². The summed E-state index contributed by atoms with van der Waals surface area (Å²) in [6.45, 7) is 2.11. The minimum Gasteiger partial charge on any atom is -0.312 e. The van der Waals surface area contributed by atoms with E-state index < -0.39 is 0 Å². The van der Waals surface area contributed by atoms with E-state index in [0.29, 0.717) is 6.04 Å². The molecular weight excluding hydrogens is 212 g/mol. The summed E-state index contributed by atoms with van der Waals surface area (Å²) in [5.41, 5.74) is 2.33. The van der Waals surface area contributed by atoms with Crippen LogP contribution in [0.25, 0.3) is 11.1 Å². The zero-order valence-corrected chi connectivity index (χ0v) is 9.71. The first kappa shape index (κ1) is 10.5. The van der Waals surface area contributed by atoms with Crippen LogP contribution in [0.2, 0.25) is 0 Å². The molecule has 3 heterocycles. The third-order valence-corrected chi connectivity index (χ3v) is 3.22. The first-order chi connectivity index (χ1) is 8.42. The maximum absolute atomic E-state index is 4.41. The molecule has 1 atom stereocenters. The van der Waals surface area contributed by atoms with Crippen molar-refractivity contribution in [3.63, 3.8) is 0 Å². The molecule has 2 aromatic rings. The monoisotopic (exact) mass is 228 g/mol. The van der Waals surface area contributed by atoms with Gasteiger partial charge in [0, 0.05) is 30.2 Å². The molecule has 4 nitrogen and oxygen atoms in total. The first-order valence-electron chi connectivity index (χ1n) is 6.08. The normalized spacial score (nSPS) is 19.6. The number of aromatic nitrogens is 3. The molecule has 0 unspecified atom stereocenters. The fourth-order valence-electron chi connectivity index (χ4n) is 2.30. The highest BCUT2D eigenvalue weighted by molar-refractivity contribution is 5.60. The third-order valence-electron chi connectivity index (χ3n) is 3.22. The quantitative estimate of drug-likeness (QED) is 0.869. The molecule has 0 aromatic carbocycles. The van der Waals surface area contributed by atoms with Crippen LogP contribution < -0.4 is 5.32 Å². The van der Waals surface area contributed by atoms with Gasteiger partial charge in [0.25, 0.3) is 0 Å². The summed E-state index contributed by atoms with van der Waals surface area (Å²) in [6, 6.07) is 4.60. The van der Waals surface area contributed by atoms with E-state index in [1.165, 1.54) is 18.4 Å². The number of hydrogen-bond acceptors (Lipinski definition) is 3. The molecule has 0 aliphatic carbocycles. The van der Waals surface area contributed by atoms with E-state index in [4.69, 9.17) is 0 Å². The zero-order chi connectivity index (χ0) is 11.5. The van der Waals surface area contributed by atoms with Gasteiger partial charge in [-0.1, -0.05) is 0 Å². The maximum atomic E-state index is 4.41. The summed E-state index contributed by atoms with van der Waals surface area (Å²) in [6.07, 6.45) is 10.2. The van der Waals surface area contributed by atoms with Gasteiger partial charge in [0.05, 0.1) is 12.7 Å². The van der Waals surface area contributed by atoms with E-state index in [1.807, 2.05) is 35.4 Å². The van der Waals surface area contributed by atoms with Crippen LogP contribution in [0.5, 0.6) is 0 Å². The van der Waals surface area contributed by atoms with Crippen molar-refractivity contribution >= 4 is 0 Å². The third kappa shape index (κ3) is 2.36. The van der Waals surface area contributed by atoms with Crippen molar-refractivity contribution in [2.24, 2.45) is 0 Å². The van der Waals surface area contributed by atoms with Gasteiger partial charge in [-0.15, -0.1) is 0 Å². The Labute approximate surface area is 101 Å². The van der Waals surface area contributed by atoms with Crippen LogP contribution in [0.1, 0.15) is 12.8 Å². The molecule has 4 heteroatoms. The molecule has 0 amide bonds. The SMILES string of the molecule is c1cc(-c2cnn(C[C@@H]3CCCN3)c2)ccn1. The summed E-state index contributed by atoms with van der Waals surface area (Å²) in [5, 5.41) is 7.90. The molecule has 0 saturated carbocycles. The Kier molecular flexibility index (Phi) is 2.88. The van der Waals surface area contributed by atoms with Crippen molar-refractivity contribution in [3.8, 4) is 11.1 Å². The second-order valence-electron chi connectivity index (χ2n) is 4.48. The van der Waals surface area contributed by atoms with E-state index in [0.717, 1.165) is 18.7 Å². The van der Waals surface area contributed by atoms with Crippen molar-refractivity contribution in [2.45, 2.75) is 25.4 Å². The van der Waals surface area contributed by atoms with Gasteiger partial charge >= 0.3 is 0 Å². The van der Waals surface area contributed by atoms with E-state index in [1.54, 1.807) is 0 Å². The number of nitrogens with one attached hydrogen (secondary N) is 1. The summed E-state index contributed by atoms with van der Waals surface area (Å²) >= 11 is 0. The van der Waals surface area contributed by atoms with Crippen molar-refractivity contribution in [1.82, 2.24) is 20.1 Å². The molecule has 0 spiro atoms. The minimum absolute atomic E-state index is 0.584. The Hall–Kier alpha value is -1.68. The predicted octanol–water partition coefficient (Wildman–Crippen LogP) is 1.70. The average Bonchev–Trinajstić information content (AvgIpc) is 3.02. The van der Waals surface area contributed by atoms with Crippen LogP contribution in [-0.2, 0) is 6.54 Å². The summed E-state index contributed by atoms with van der Waals surface area (Å²) in [7, 11) is 0. The zero-order valence-electron chi connectivity index (χ0n) is 9.71. The number of pyridine rings is 1. The highest BCUT2D eigenvalue weighted by Crippen LogP contribution is 2.17. The van der Waals surface area contributed by atoms with Crippen LogP contribution in [0.15, 0.2) is 36.9 Å². The minimum atomic E-state index is 0.584. The Morgan fingerprint density at radius 2 is 2.18 bits per heavy atom. The van der Waals surface area contributed by atoms with Gasteiger partial charge in [0.1, 0.15) is 0 Å². The lowest BCUT2D eigenvalue weighted by Gasteiger charge is -2.09. The summed E-state index contributed by atoms with van der Waals surface area (Å²) < 4.78 is 2.03. The standard InChI is InChI=1S/C13H16N4/c1-2-13(15-5-1)10-17-9-12(8-16-17)11-3-6-14-7-4-11/h3-4,6-9,13,15H,1-2,5,10H2/t13-/m0/s1. The Morgan fingerprint density at radius 3 is 2.94 bits per heavy atom. The molecular formula is C13H16N4. The first-order valence-corrected chi connectivity index (χ1v) is 6.08. The highest BCUT2D eigenvalue weighted by Gasteiger charge is 2.14. The Bertz CT molecular complexity index is 471. The summed E-state index contributed by atoms with van der Waals surface area (Å²) in [5.74, 6) is 0. The van der Waals surface area contributed by atoms with Gasteiger partial charge < -0.3 is 5.32 Å². The fraction of sp³-hybridized carbons (Fsp3) is 0.385. The molecule has 2 aromatic heterocycles. The van der Waals surface area contributed by atoms with E-state index in [2.05, 4.69) is 21.6 Å². The van der Waals surface area contributed by atoms with Crippen LogP contribution in [0, 0.1) is 0 Å². The second-order valence-corrected chi connectivity index (χ2v) is 4.48. The van der Waals surface area contributed by atoms with Gasteiger partial charge in [-0.25, -0.2) is 0 Å². The van der Waals surface area contributed by atoms with Gasteiger partial charge in [-0.2, -0.15) is 5.10 Å². The molecule has 1 aliphatic rings. The number of rotatable bonds is 3. The van der Waals surface area contributed by atoms with E-state index in [9.17, 15) is 0 Å². The lowest BCUT2D eigenvalue weighted by atomic mass is 10.1. The molecule has 1 saturated heterocycles. The van der Waals surface area contributed by atoms with Crippen LogP contribution in [-0.4, -0.2) is 27.4 Å². The van der Waals surface area contributed by atoms with E-state index in [-0.39, 0.29) is 0 Å². The molecule has 0 radical (unpaired) electrons. The lowest BCUT2D eigenvalue weighted by molar-refractivity contribution is 0.476. The van der Waals surface area contributed by atoms with Gasteiger partial charge in [-0.3, -0.25) is 9.67 Å². The highest BCUT2D eigenvalue weighted by atomic mass is 15.3. The Morgan fingerprint density at radius 1 is 1.29 bits per heavy atom. The molecule has 1 aliphatic heterocycles. The number of hydrogen-bond donors (Lipinski definition) is 1. The molecule has 88 valence electrons. The molecule has 0 bridgehead atoms. The van der Waals surface area contributed by atoms with Crippen molar-refractivity contribution < 1.29 is 0 Å². The predicted molar refractivity (Wildman–Crippen MR) is 66.5 cm³/mol. The van der Waals surface area contributed by atoms with Crippen LogP contribution in [0.4, 0.5) is 0 Å². The van der Waals surface area contributed by atoms with Crippen molar-refractivity contribution in [2.75, 3.05) is 6.54 Å². The molecule has 1 fully saturated rings. The largest absolute Gasteiger partial charge is 0.312 e. The summed E-state index contributed by atoms with van der Waals surface area (Å²) in [4.78, 5) is 4.02. The second kappa shape index (κ2) is 4.67. The van der Waals surface area contributed by atoms with Crippen molar-refractivity contribution in [1.29, 1.82) is 0 Å². The molecule has 1 N–H and O–H groups in total. The Balaban J connectivity index is 1.74. The van der Waals surface area contributed by atoms with Gasteiger partial charge in [-0.05, 0) is 37.1 Å². The van der Waals surface area contributed by atoms with Gasteiger partial charge in [0.15, 0.2) is 0 Å². The smallest absolute Gasteiger partial charge is 0.0568 e. The van der Waals surface area contributed by atoms with E-state index >= 15 is 0 Å². The fourth-order valence-corrected chi connectivity index (χ4v) is 2.30. The molecule has 17 heavy (non-hydrogen) atoms. The topological polar surface area (TPSA) is 42.7 Å². The van der Waals surface area contributed by atoms with Crippen LogP contribution >= 0.6 is 0 Å². The lowest BCUT2D eigenvalue weighted by Crippen LogP contribution is -2.26.